The Morgan fingerprint density at radius 3 is 2.87 bits per heavy atom. The number of halogens is 1. The van der Waals surface area contributed by atoms with Crippen molar-refractivity contribution in [2.75, 3.05) is 7.11 Å². The number of ether oxygens (including phenoxy) is 2. The van der Waals surface area contributed by atoms with Crippen LogP contribution in [0, 0.1) is 6.92 Å². The van der Waals surface area contributed by atoms with Crippen LogP contribution in [0.2, 0.25) is 5.02 Å². The van der Waals surface area contributed by atoms with Gasteiger partial charge in [0.2, 0.25) is 0 Å². The molecule has 0 aliphatic heterocycles. The van der Waals surface area contributed by atoms with Gasteiger partial charge >= 0.3 is 5.97 Å². The molecule has 0 amide bonds. The summed E-state index contributed by atoms with van der Waals surface area (Å²) in [6.07, 6.45) is 2.42. The van der Waals surface area contributed by atoms with Gasteiger partial charge in [0, 0.05) is 0 Å². The molecule has 0 spiro atoms. The van der Waals surface area contributed by atoms with Crippen LogP contribution in [0.4, 0.5) is 0 Å². The highest BCUT2D eigenvalue weighted by atomic mass is 35.5. The third-order valence-corrected chi connectivity index (χ3v) is 2.00. The Kier molecular flexibility index (Phi) is 4.18. The van der Waals surface area contributed by atoms with Gasteiger partial charge < -0.3 is 9.47 Å². The van der Waals surface area contributed by atoms with E-state index in [1.807, 2.05) is 13.0 Å². The van der Waals surface area contributed by atoms with E-state index in [1.165, 1.54) is 19.4 Å². The molecular weight excluding hydrogens is 216 g/mol. The van der Waals surface area contributed by atoms with Gasteiger partial charge in [-0.25, -0.2) is 4.79 Å². The van der Waals surface area contributed by atoms with Gasteiger partial charge in [-0.15, -0.1) is 0 Å². The molecule has 0 saturated carbocycles. The van der Waals surface area contributed by atoms with E-state index in [9.17, 15) is 4.79 Å². The Morgan fingerprint density at radius 2 is 2.20 bits per heavy atom. The molecule has 0 bridgehead atoms. The molecule has 1 rings (SSSR count). The highest BCUT2D eigenvalue weighted by Crippen LogP contribution is 2.25. The third-order valence-electron chi connectivity index (χ3n) is 1.69. The van der Waals surface area contributed by atoms with Crippen LogP contribution in [-0.2, 0) is 9.53 Å². The van der Waals surface area contributed by atoms with Crippen LogP contribution in [0.3, 0.4) is 0 Å². The van der Waals surface area contributed by atoms with Gasteiger partial charge in [-0.2, -0.15) is 0 Å². The maximum atomic E-state index is 10.7. The number of hydrogen-bond donors (Lipinski definition) is 0. The smallest absolute Gasteiger partial charge is 0.333 e. The van der Waals surface area contributed by atoms with E-state index >= 15 is 0 Å². The molecule has 0 fully saturated rings. The molecule has 1 aromatic rings. The Balaban J connectivity index is 2.68. The minimum Gasteiger partial charge on any atom is -0.466 e. The van der Waals surface area contributed by atoms with Crippen LogP contribution in [0.5, 0.6) is 5.75 Å². The van der Waals surface area contributed by atoms with Crippen LogP contribution >= 0.6 is 11.6 Å². The van der Waals surface area contributed by atoms with Crippen molar-refractivity contribution in [3.05, 3.63) is 41.1 Å². The fourth-order valence-corrected chi connectivity index (χ4v) is 1.09. The van der Waals surface area contributed by atoms with E-state index in [4.69, 9.17) is 16.3 Å². The summed E-state index contributed by atoms with van der Waals surface area (Å²) in [5, 5.41) is 0.495. The first-order valence-corrected chi connectivity index (χ1v) is 4.68. The summed E-state index contributed by atoms with van der Waals surface area (Å²) in [7, 11) is 1.30. The molecule has 0 saturated heterocycles. The van der Waals surface area contributed by atoms with Gasteiger partial charge in [0.15, 0.2) is 0 Å². The first kappa shape index (κ1) is 11.6. The molecule has 0 heterocycles. The maximum absolute atomic E-state index is 10.7. The van der Waals surface area contributed by atoms with Gasteiger partial charge in [-0.05, 0) is 24.6 Å². The Bertz CT molecular complexity index is 385. The highest BCUT2D eigenvalue weighted by Gasteiger charge is 2.00. The van der Waals surface area contributed by atoms with E-state index in [-0.39, 0.29) is 0 Å². The van der Waals surface area contributed by atoms with Crippen molar-refractivity contribution in [2.45, 2.75) is 6.92 Å². The van der Waals surface area contributed by atoms with Crippen molar-refractivity contribution < 1.29 is 14.3 Å². The average molecular weight is 227 g/mol. The first-order chi connectivity index (χ1) is 7.13. The van der Waals surface area contributed by atoms with E-state index in [1.54, 1.807) is 12.1 Å². The van der Waals surface area contributed by atoms with E-state index < -0.39 is 5.97 Å². The summed E-state index contributed by atoms with van der Waals surface area (Å²) >= 11 is 5.87. The Morgan fingerprint density at radius 1 is 1.47 bits per heavy atom. The lowest BCUT2D eigenvalue weighted by atomic mass is 10.2. The normalized spacial score (nSPS) is 10.3. The van der Waals surface area contributed by atoms with Gasteiger partial charge in [0.05, 0.1) is 24.5 Å². The van der Waals surface area contributed by atoms with Gasteiger partial charge in [0.25, 0.3) is 0 Å². The number of rotatable bonds is 3. The second-order valence-corrected chi connectivity index (χ2v) is 3.28. The minimum atomic E-state index is -0.473. The second-order valence-electron chi connectivity index (χ2n) is 2.88. The number of esters is 1. The summed E-state index contributed by atoms with van der Waals surface area (Å²) in [4.78, 5) is 10.7. The molecule has 15 heavy (non-hydrogen) atoms. The molecule has 0 atom stereocenters. The van der Waals surface area contributed by atoms with Crippen molar-refractivity contribution in [3.8, 4) is 5.75 Å². The van der Waals surface area contributed by atoms with E-state index in [0.29, 0.717) is 10.8 Å². The summed E-state index contributed by atoms with van der Waals surface area (Å²) in [6, 6.07) is 5.39. The molecule has 3 nitrogen and oxygen atoms in total. The molecule has 0 aliphatic carbocycles. The second kappa shape index (κ2) is 5.41. The van der Waals surface area contributed by atoms with Crippen molar-refractivity contribution in [2.24, 2.45) is 0 Å². The molecule has 0 radical (unpaired) electrons. The van der Waals surface area contributed by atoms with Crippen molar-refractivity contribution in [1.82, 2.24) is 0 Å². The molecule has 80 valence electrons. The maximum Gasteiger partial charge on any atom is 0.333 e. The fourth-order valence-electron chi connectivity index (χ4n) is 0.932. The monoisotopic (exact) mass is 226 g/mol. The van der Waals surface area contributed by atoms with Crippen LogP contribution in [0.15, 0.2) is 30.5 Å². The van der Waals surface area contributed by atoms with Crippen molar-refractivity contribution in [1.29, 1.82) is 0 Å². The number of carbonyl (C=O) groups excluding carboxylic acids is 1. The van der Waals surface area contributed by atoms with Crippen LogP contribution in [0.1, 0.15) is 5.56 Å². The number of carbonyl (C=O) groups is 1. The number of benzene rings is 1. The topological polar surface area (TPSA) is 35.5 Å². The summed E-state index contributed by atoms with van der Waals surface area (Å²) < 4.78 is 9.58. The quantitative estimate of drug-likeness (QED) is 0.452. The summed E-state index contributed by atoms with van der Waals surface area (Å²) in [6.45, 7) is 1.92. The third kappa shape index (κ3) is 3.64. The fraction of sp³-hybridized carbons (Fsp3) is 0.182. The first-order valence-electron chi connectivity index (χ1n) is 4.31. The number of hydrogen-bond acceptors (Lipinski definition) is 3. The average Bonchev–Trinajstić information content (AvgIpc) is 2.23. The Labute approximate surface area is 93.3 Å². The Hall–Kier alpha value is -1.48. The zero-order valence-corrected chi connectivity index (χ0v) is 9.25. The summed E-state index contributed by atoms with van der Waals surface area (Å²) in [5.74, 6) is 0.0376. The molecular formula is C11H11ClO3. The SMILES string of the molecule is COC(=O)C=COc1cc(C)ccc1Cl. The van der Waals surface area contributed by atoms with Crippen LogP contribution < -0.4 is 4.74 Å². The predicted molar refractivity (Wildman–Crippen MR) is 58.0 cm³/mol. The molecule has 1 aromatic carbocycles. The lowest BCUT2D eigenvalue weighted by Crippen LogP contribution is -1.95. The molecule has 0 unspecified atom stereocenters. The van der Waals surface area contributed by atoms with Crippen molar-refractivity contribution >= 4 is 17.6 Å². The van der Waals surface area contributed by atoms with E-state index in [2.05, 4.69) is 4.74 Å². The van der Waals surface area contributed by atoms with Gasteiger partial charge in [0.1, 0.15) is 5.75 Å². The van der Waals surface area contributed by atoms with Gasteiger partial charge in [-0.3, -0.25) is 0 Å². The number of methoxy groups -OCH3 is 1. The standard InChI is InChI=1S/C11H11ClO3/c1-8-3-4-9(12)10(7-8)15-6-5-11(13)14-2/h3-7H,1-2H3. The van der Waals surface area contributed by atoms with Crippen LogP contribution in [-0.4, -0.2) is 13.1 Å². The zero-order chi connectivity index (χ0) is 11.3. The number of aryl methyl sites for hydroxylation is 1. The zero-order valence-electron chi connectivity index (χ0n) is 8.49. The van der Waals surface area contributed by atoms with Crippen LogP contribution in [0.25, 0.3) is 0 Å². The molecule has 0 aromatic heterocycles. The largest absolute Gasteiger partial charge is 0.466 e. The lowest BCUT2D eigenvalue weighted by Gasteiger charge is -2.03. The van der Waals surface area contributed by atoms with Crippen molar-refractivity contribution in [3.63, 3.8) is 0 Å². The minimum absolute atomic E-state index is 0.473. The molecule has 0 aliphatic rings. The molecule has 0 N–H and O–H groups in total. The lowest BCUT2D eigenvalue weighted by molar-refractivity contribution is -0.134. The summed E-state index contributed by atoms with van der Waals surface area (Å²) in [5.41, 5.74) is 1.03. The predicted octanol–water partition coefficient (Wildman–Crippen LogP) is 2.71. The van der Waals surface area contributed by atoms with Gasteiger partial charge in [-0.1, -0.05) is 17.7 Å². The molecule has 4 heteroatoms. The highest BCUT2D eigenvalue weighted by molar-refractivity contribution is 6.32. The van der Waals surface area contributed by atoms with E-state index in [0.717, 1.165) is 5.56 Å².